The predicted octanol–water partition coefficient (Wildman–Crippen LogP) is 5.59. The first-order chi connectivity index (χ1) is 9.85. The van der Waals surface area contributed by atoms with Crippen LogP contribution < -0.4 is 0 Å². The molecule has 0 amide bonds. The number of hydrogen-bond acceptors (Lipinski definition) is 2. The minimum Gasteiger partial charge on any atom is -0.397 e. The normalized spacial score (nSPS) is 11.4. The van der Waals surface area contributed by atoms with E-state index in [1.165, 1.54) is 76.7 Å². The molecule has 3 heteroatoms. The summed E-state index contributed by atoms with van der Waals surface area (Å²) in [6.45, 7) is 8.05. The Morgan fingerprint density at radius 3 is 1.35 bits per heavy atom. The molecule has 2 nitrogen and oxygen atoms in total. The van der Waals surface area contributed by atoms with Gasteiger partial charge in [0.15, 0.2) is 0 Å². The van der Waals surface area contributed by atoms with Crippen LogP contribution in [0.25, 0.3) is 0 Å². The summed E-state index contributed by atoms with van der Waals surface area (Å²) in [7, 11) is -1.32. The first kappa shape index (κ1) is 20.1. The first-order valence-corrected chi connectivity index (χ1v) is 10.8. The molecular weight excluding hydrogens is 264 g/mol. The lowest BCUT2D eigenvalue weighted by atomic mass is 10.1. The Balaban J connectivity index is 3.18. The Bertz CT molecular complexity index is 170. The van der Waals surface area contributed by atoms with E-state index in [0.717, 1.165) is 13.2 Å². The molecule has 0 fully saturated rings. The molecule has 0 aromatic carbocycles. The summed E-state index contributed by atoms with van der Waals surface area (Å²) in [6, 6.07) is 1.19. The third kappa shape index (κ3) is 14.5. The molecule has 0 saturated carbocycles. The molecule has 0 N–H and O–H groups in total. The maximum absolute atomic E-state index is 5.69. The quantitative estimate of drug-likeness (QED) is 0.273. The van der Waals surface area contributed by atoms with Crippen LogP contribution >= 0.6 is 0 Å². The fraction of sp³-hybridized carbons (Fsp3) is 1.00. The van der Waals surface area contributed by atoms with E-state index in [0.29, 0.717) is 0 Å². The minimum absolute atomic E-state index is 0.814. The zero-order valence-electron chi connectivity index (χ0n) is 14.3. The molecule has 0 rings (SSSR count). The van der Waals surface area contributed by atoms with E-state index >= 15 is 0 Å². The van der Waals surface area contributed by atoms with Gasteiger partial charge in [0.1, 0.15) is 0 Å². The highest BCUT2D eigenvalue weighted by Gasteiger charge is 2.10. The van der Waals surface area contributed by atoms with Crippen LogP contribution in [0.2, 0.25) is 6.04 Å². The maximum atomic E-state index is 5.69. The van der Waals surface area contributed by atoms with Crippen LogP contribution in [-0.2, 0) is 8.85 Å². The van der Waals surface area contributed by atoms with Gasteiger partial charge in [-0.3, -0.25) is 0 Å². The topological polar surface area (TPSA) is 18.5 Å². The van der Waals surface area contributed by atoms with E-state index in [1.807, 2.05) is 0 Å². The fourth-order valence-electron chi connectivity index (χ4n) is 2.56. The van der Waals surface area contributed by atoms with Gasteiger partial charge in [0.05, 0.1) is 0 Å². The smallest absolute Gasteiger partial charge is 0.321 e. The largest absolute Gasteiger partial charge is 0.397 e. The first-order valence-electron chi connectivity index (χ1n) is 9.08. The number of rotatable bonds is 16. The molecule has 0 heterocycles. The molecule has 0 aromatic rings. The van der Waals surface area contributed by atoms with E-state index in [-0.39, 0.29) is 0 Å². The van der Waals surface area contributed by atoms with Crippen molar-refractivity contribution in [2.75, 3.05) is 13.2 Å². The van der Waals surface area contributed by atoms with Gasteiger partial charge in [-0.05, 0) is 19.9 Å². The average molecular weight is 303 g/mol. The molecule has 0 saturated heterocycles. The van der Waals surface area contributed by atoms with Crippen LogP contribution in [0.4, 0.5) is 0 Å². The number of unbranched alkanes of at least 4 members (excludes halogenated alkanes) is 10. The van der Waals surface area contributed by atoms with Crippen LogP contribution in [0.3, 0.4) is 0 Å². The van der Waals surface area contributed by atoms with E-state index < -0.39 is 9.28 Å². The highest BCUT2D eigenvalue weighted by Crippen LogP contribution is 2.13. The molecule has 0 atom stereocenters. The van der Waals surface area contributed by atoms with Gasteiger partial charge in [-0.2, -0.15) is 0 Å². The van der Waals surface area contributed by atoms with E-state index in [2.05, 4.69) is 20.8 Å². The summed E-state index contributed by atoms with van der Waals surface area (Å²) in [6.07, 6.45) is 15.5. The molecule has 0 aliphatic carbocycles. The third-order valence-corrected chi connectivity index (χ3v) is 6.04. The highest BCUT2D eigenvalue weighted by atomic mass is 28.3. The van der Waals surface area contributed by atoms with Crippen molar-refractivity contribution in [1.82, 2.24) is 0 Å². The monoisotopic (exact) mass is 302 g/mol. The zero-order chi connectivity index (χ0) is 14.9. The Morgan fingerprint density at radius 2 is 0.950 bits per heavy atom. The van der Waals surface area contributed by atoms with Gasteiger partial charge in [0.2, 0.25) is 0 Å². The Labute approximate surface area is 129 Å². The Kier molecular flexibility index (Phi) is 17.3. The Hall–Kier alpha value is 0.137. The summed E-state index contributed by atoms with van der Waals surface area (Å²) in [5, 5.41) is 0. The second-order valence-corrected chi connectivity index (χ2v) is 7.77. The summed E-state index contributed by atoms with van der Waals surface area (Å²) in [4.78, 5) is 0. The van der Waals surface area contributed by atoms with E-state index in [9.17, 15) is 0 Å². The molecule has 0 aromatic heterocycles. The van der Waals surface area contributed by atoms with Crippen molar-refractivity contribution in [2.24, 2.45) is 0 Å². The summed E-state index contributed by atoms with van der Waals surface area (Å²) in [5.74, 6) is 0. The van der Waals surface area contributed by atoms with Crippen molar-refractivity contribution in [3.8, 4) is 0 Å². The summed E-state index contributed by atoms with van der Waals surface area (Å²) < 4.78 is 11.4. The predicted molar refractivity (Wildman–Crippen MR) is 91.7 cm³/mol. The van der Waals surface area contributed by atoms with Crippen LogP contribution in [0.5, 0.6) is 0 Å². The van der Waals surface area contributed by atoms with Crippen LogP contribution in [0.1, 0.15) is 91.4 Å². The molecule has 0 bridgehead atoms. The highest BCUT2D eigenvalue weighted by molar-refractivity contribution is 6.44. The van der Waals surface area contributed by atoms with Crippen molar-refractivity contribution in [3.05, 3.63) is 0 Å². The SMILES string of the molecule is CCCCCCCCCCCCC[SiH](OCC)OCC. The van der Waals surface area contributed by atoms with Gasteiger partial charge in [-0.25, -0.2) is 0 Å². The maximum Gasteiger partial charge on any atom is 0.321 e. The van der Waals surface area contributed by atoms with E-state index in [4.69, 9.17) is 8.85 Å². The molecule has 0 aliphatic heterocycles. The molecule has 0 radical (unpaired) electrons. The summed E-state index contributed by atoms with van der Waals surface area (Å²) >= 11 is 0. The van der Waals surface area contributed by atoms with Crippen molar-refractivity contribution >= 4 is 9.28 Å². The second-order valence-electron chi connectivity index (χ2n) is 5.66. The van der Waals surface area contributed by atoms with Crippen LogP contribution in [0, 0.1) is 0 Å². The number of hydrogen-bond donors (Lipinski definition) is 0. The molecule has 20 heavy (non-hydrogen) atoms. The molecule has 0 spiro atoms. The Morgan fingerprint density at radius 1 is 0.550 bits per heavy atom. The van der Waals surface area contributed by atoms with Gasteiger partial charge in [-0.1, -0.05) is 77.6 Å². The fourth-order valence-corrected chi connectivity index (χ4v) is 4.36. The standard InChI is InChI=1S/C17H38O2Si/c1-4-7-8-9-10-11-12-13-14-15-16-17-20(18-5-2)19-6-3/h20H,4-17H2,1-3H3. The summed E-state index contributed by atoms with van der Waals surface area (Å²) in [5.41, 5.74) is 0. The van der Waals surface area contributed by atoms with Crippen LogP contribution in [-0.4, -0.2) is 22.5 Å². The second kappa shape index (κ2) is 17.2. The van der Waals surface area contributed by atoms with Gasteiger partial charge >= 0.3 is 9.28 Å². The lowest BCUT2D eigenvalue weighted by Crippen LogP contribution is -2.22. The van der Waals surface area contributed by atoms with Crippen molar-refractivity contribution in [2.45, 2.75) is 97.4 Å². The van der Waals surface area contributed by atoms with Crippen LogP contribution in [0.15, 0.2) is 0 Å². The van der Waals surface area contributed by atoms with Gasteiger partial charge < -0.3 is 8.85 Å². The third-order valence-electron chi connectivity index (χ3n) is 3.75. The zero-order valence-corrected chi connectivity index (χ0v) is 15.4. The molecular formula is C17H38O2Si. The van der Waals surface area contributed by atoms with Crippen molar-refractivity contribution < 1.29 is 8.85 Å². The molecule has 0 unspecified atom stereocenters. The minimum atomic E-state index is -1.32. The van der Waals surface area contributed by atoms with Crippen molar-refractivity contribution in [3.63, 3.8) is 0 Å². The van der Waals surface area contributed by atoms with Gasteiger partial charge in [0.25, 0.3) is 0 Å². The molecule has 0 aliphatic rings. The van der Waals surface area contributed by atoms with Crippen molar-refractivity contribution in [1.29, 1.82) is 0 Å². The molecule has 122 valence electrons. The van der Waals surface area contributed by atoms with E-state index in [1.54, 1.807) is 0 Å². The van der Waals surface area contributed by atoms with Gasteiger partial charge in [0, 0.05) is 13.2 Å². The average Bonchev–Trinajstić information content (AvgIpc) is 2.45. The van der Waals surface area contributed by atoms with Gasteiger partial charge in [-0.15, -0.1) is 0 Å². The lowest BCUT2D eigenvalue weighted by Gasteiger charge is -2.14. The lowest BCUT2D eigenvalue weighted by molar-refractivity contribution is 0.212.